The molecule has 3 heterocycles. The Balaban J connectivity index is 1.11. The van der Waals surface area contributed by atoms with Crippen molar-refractivity contribution >= 4 is 34.7 Å². The molecule has 0 bridgehead atoms. The Morgan fingerprint density at radius 3 is 2.33 bits per heavy atom. The number of nitrogens with zero attached hydrogens (tertiary/aromatic N) is 6. The van der Waals surface area contributed by atoms with Crippen LogP contribution in [0.3, 0.4) is 0 Å². The number of hydrogen-bond donors (Lipinski definition) is 0. The molecule has 8 nitrogen and oxygen atoms in total. The second-order valence-electron chi connectivity index (χ2n) is 10.1. The maximum Gasteiger partial charge on any atom is 0.273 e. The van der Waals surface area contributed by atoms with Crippen LogP contribution in [0.2, 0.25) is 0 Å². The number of benzene rings is 3. The number of thioether (sulfide) groups is 1. The molecule has 5 aromatic rings. The second kappa shape index (κ2) is 12.8. The van der Waals surface area contributed by atoms with E-state index in [0.717, 1.165) is 46.2 Å². The Morgan fingerprint density at radius 2 is 1.62 bits per heavy atom. The minimum Gasteiger partial charge on any atom is -0.497 e. The van der Waals surface area contributed by atoms with Gasteiger partial charge in [0.1, 0.15) is 22.3 Å². The smallest absolute Gasteiger partial charge is 0.273 e. The number of hydrogen-bond acceptors (Lipinski definition) is 8. The fourth-order valence-corrected chi connectivity index (χ4v) is 6.72. The molecule has 1 aliphatic heterocycles. The van der Waals surface area contributed by atoms with E-state index in [1.54, 1.807) is 18.9 Å². The summed E-state index contributed by atoms with van der Waals surface area (Å²) in [6.07, 6.45) is 0.684. The third-order valence-electron chi connectivity index (χ3n) is 7.30. The van der Waals surface area contributed by atoms with Gasteiger partial charge in [0, 0.05) is 49.4 Å². The molecule has 0 saturated carbocycles. The number of piperazine rings is 1. The number of anilines is 1. The molecule has 0 spiro atoms. The summed E-state index contributed by atoms with van der Waals surface area (Å²) < 4.78 is 7.39. The number of aryl methyl sites for hydroxylation is 1. The number of ether oxygens (including phenoxy) is 1. The first-order chi connectivity index (χ1) is 20.6. The van der Waals surface area contributed by atoms with Gasteiger partial charge < -0.3 is 14.5 Å². The van der Waals surface area contributed by atoms with Gasteiger partial charge in [-0.1, -0.05) is 59.8 Å². The van der Waals surface area contributed by atoms with Crippen molar-refractivity contribution in [1.29, 1.82) is 0 Å². The first-order valence-electron chi connectivity index (χ1n) is 13.9. The Morgan fingerprint density at radius 1 is 0.905 bits per heavy atom. The maximum atomic E-state index is 13.3. The zero-order chi connectivity index (χ0) is 28.9. The summed E-state index contributed by atoms with van der Waals surface area (Å²) >= 11 is 3.10. The highest BCUT2D eigenvalue weighted by Gasteiger charge is 2.24. The Labute approximate surface area is 254 Å². The lowest BCUT2D eigenvalue weighted by Gasteiger charge is -2.35. The van der Waals surface area contributed by atoms with E-state index in [-0.39, 0.29) is 5.91 Å². The van der Waals surface area contributed by atoms with Gasteiger partial charge in [-0.15, -0.1) is 21.5 Å². The fraction of sp³-hybridized carbons (Fsp3) is 0.250. The lowest BCUT2D eigenvalue weighted by Crippen LogP contribution is -2.48. The van der Waals surface area contributed by atoms with Gasteiger partial charge in [-0.3, -0.25) is 9.36 Å². The van der Waals surface area contributed by atoms with Gasteiger partial charge in [0.25, 0.3) is 5.91 Å². The zero-order valence-electron chi connectivity index (χ0n) is 23.6. The van der Waals surface area contributed by atoms with Gasteiger partial charge in [-0.05, 0) is 48.9 Å². The predicted octanol–water partition coefficient (Wildman–Crippen LogP) is 5.89. The number of rotatable bonds is 9. The molecule has 3 aromatic carbocycles. The molecule has 6 rings (SSSR count). The van der Waals surface area contributed by atoms with Crippen molar-refractivity contribution in [3.63, 3.8) is 0 Å². The van der Waals surface area contributed by atoms with Crippen LogP contribution >= 0.6 is 23.1 Å². The Hall–Kier alpha value is -4.15. The van der Waals surface area contributed by atoms with E-state index < -0.39 is 0 Å². The van der Waals surface area contributed by atoms with Crippen molar-refractivity contribution in [2.24, 2.45) is 0 Å². The molecule has 42 heavy (non-hydrogen) atoms. The van der Waals surface area contributed by atoms with Gasteiger partial charge >= 0.3 is 0 Å². The van der Waals surface area contributed by atoms with Gasteiger partial charge in [-0.25, -0.2) is 4.98 Å². The van der Waals surface area contributed by atoms with Crippen molar-refractivity contribution in [3.8, 4) is 11.4 Å². The van der Waals surface area contributed by atoms with Gasteiger partial charge in [0.2, 0.25) is 0 Å². The summed E-state index contributed by atoms with van der Waals surface area (Å²) in [5.74, 6) is 2.33. The average molecular weight is 597 g/mol. The minimum absolute atomic E-state index is 0.00940. The molecule has 0 atom stereocenters. The SMILES string of the molecule is COc1ccc(N2CCN(C(=O)c3csc(CSc4nnc(Cc5ccccc5)n4-c4ccc(C)cc4)n3)CC2)cc1. The van der Waals surface area contributed by atoms with Crippen molar-refractivity contribution in [1.82, 2.24) is 24.6 Å². The highest BCUT2D eigenvalue weighted by Crippen LogP contribution is 2.28. The van der Waals surface area contributed by atoms with E-state index in [1.165, 1.54) is 22.5 Å². The number of methoxy groups -OCH3 is 1. The third kappa shape index (κ3) is 6.34. The van der Waals surface area contributed by atoms with Crippen LogP contribution in [0.5, 0.6) is 5.75 Å². The number of aromatic nitrogens is 4. The van der Waals surface area contributed by atoms with Crippen molar-refractivity contribution in [2.45, 2.75) is 24.3 Å². The van der Waals surface area contributed by atoms with E-state index in [1.807, 2.05) is 40.6 Å². The largest absolute Gasteiger partial charge is 0.497 e. The monoisotopic (exact) mass is 596 g/mol. The van der Waals surface area contributed by atoms with Crippen LogP contribution in [-0.2, 0) is 12.2 Å². The zero-order valence-corrected chi connectivity index (χ0v) is 25.3. The summed E-state index contributed by atoms with van der Waals surface area (Å²) in [5, 5.41) is 12.7. The molecular weight excluding hydrogens is 565 g/mol. The standard InChI is InChI=1S/C32H32N6O2S2/c1-23-8-10-26(11-9-23)38-29(20-24-6-4-3-5-7-24)34-35-32(38)42-22-30-33-28(21-41-30)31(39)37-18-16-36(17-19-37)25-12-14-27(40-2)15-13-25/h3-15,21H,16-20,22H2,1-2H3. The normalized spacial score (nSPS) is 13.4. The van der Waals surface area contributed by atoms with Crippen LogP contribution in [0.4, 0.5) is 5.69 Å². The molecule has 1 saturated heterocycles. The van der Waals surface area contributed by atoms with Crippen molar-refractivity contribution < 1.29 is 9.53 Å². The van der Waals surface area contributed by atoms with Crippen LogP contribution in [-0.4, -0.2) is 63.8 Å². The summed E-state index contributed by atoms with van der Waals surface area (Å²) in [6.45, 7) is 4.97. The molecule has 1 fully saturated rings. The molecule has 214 valence electrons. The highest BCUT2D eigenvalue weighted by molar-refractivity contribution is 7.98. The number of carbonyl (C=O) groups is 1. The van der Waals surface area contributed by atoms with E-state index in [9.17, 15) is 4.79 Å². The van der Waals surface area contributed by atoms with Gasteiger partial charge in [-0.2, -0.15) is 0 Å². The molecule has 0 aliphatic carbocycles. The Bertz CT molecular complexity index is 1630. The van der Waals surface area contributed by atoms with E-state index in [2.05, 4.69) is 75.1 Å². The van der Waals surface area contributed by atoms with Crippen molar-refractivity contribution in [2.75, 3.05) is 38.2 Å². The summed E-state index contributed by atoms with van der Waals surface area (Å²) in [7, 11) is 1.67. The summed E-state index contributed by atoms with van der Waals surface area (Å²) in [6, 6.07) is 26.8. The summed E-state index contributed by atoms with van der Waals surface area (Å²) in [4.78, 5) is 22.2. The second-order valence-corrected chi connectivity index (χ2v) is 12.0. The average Bonchev–Trinajstić information content (AvgIpc) is 3.68. The van der Waals surface area contributed by atoms with E-state index in [4.69, 9.17) is 9.72 Å². The molecule has 0 radical (unpaired) electrons. The topological polar surface area (TPSA) is 76.4 Å². The number of amides is 1. The minimum atomic E-state index is -0.00940. The molecule has 10 heteroatoms. The molecule has 1 aliphatic rings. The predicted molar refractivity (Wildman–Crippen MR) is 168 cm³/mol. The fourth-order valence-electron chi connectivity index (χ4n) is 4.96. The Kier molecular flexibility index (Phi) is 8.52. The van der Waals surface area contributed by atoms with Gasteiger partial charge in [0.05, 0.1) is 12.9 Å². The van der Waals surface area contributed by atoms with Gasteiger partial charge in [0.15, 0.2) is 5.16 Å². The molecule has 2 aromatic heterocycles. The molecular formula is C32H32N6O2S2. The van der Waals surface area contributed by atoms with Crippen LogP contribution in [0.25, 0.3) is 5.69 Å². The first-order valence-corrected chi connectivity index (χ1v) is 15.7. The quantitative estimate of drug-likeness (QED) is 0.197. The van der Waals surface area contributed by atoms with Crippen LogP contribution in [0.15, 0.2) is 89.4 Å². The maximum absolute atomic E-state index is 13.3. The van der Waals surface area contributed by atoms with Crippen LogP contribution in [0.1, 0.15) is 32.4 Å². The first kappa shape index (κ1) is 28.0. The van der Waals surface area contributed by atoms with E-state index >= 15 is 0 Å². The third-order valence-corrected chi connectivity index (χ3v) is 9.27. The molecule has 1 amide bonds. The lowest BCUT2D eigenvalue weighted by atomic mass is 10.1. The molecule has 0 N–H and O–H groups in total. The molecule has 0 unspecified atom stereocenters. The summed E-state index contributed by atoms with van der Waals surface area (Å²) in [5.41, 5.74) is 5.07. The number of thiazole rings is 1. The lowest BCUT2D eigenvalue weighted by molar-refractivity contribution is 0.0741. The van der Waals surface area contributed by atoms with Crippen LogP contribution in [0, 0.1) is 6.92 Å². The number of carbonyl (C=O) groups excluding carboxylic acids is 1. The van der Waals surface area contributed by atoms with Crippen LogP contribution < -0.4 is 9.64 Å². The van der Waals surface area contributed by atoms with E-state index in [0.29, 0.717) is 31.0 Å². The highest BCUT2D eigenvalue weighted by atomic mass is 32.2. The van der Waals surface area contributed by atoms with Crippen molar-refractivity contribution in [3.05, 3.63) is 112 Å².